The van der Waals surface area contributed by atoms with Gasteiger partial charge in [0.15, 0.2) is 5.82 Å². The average molecular weight is 229 g/mol. The van der Waals surface area contributed by atoms with E-state index in [1.165, 1.54) is 0 Å². The predicted molar refractivity (Wildman–Crippen MR) is 64.4 cm³/mol. The molecule has 1 unspecified atom stereocenters. The van der Waals surface area contributed by atoms with Gasteiger partial charge in [0.1, 0.15) is 5.82 Å². The number of rotatable bonds is 2. The van der Waals surface area contributed by atoms with Crippen molar-refractivity contribution in [2.45, 2.75) is 19.4 Å². The molecule has 0 fully saturated rings. The molecule has 3 rings (SSSR count). The van der Waals surface area contributed by atoms with E-state index in [9.17, 15) is 5.11 Å². The van der Waals surface area contributed by atoms with Gasteiger partial charge in [-0.2, -0.15) is 0 Å². The molecule has 1 aliphatic rings. The second-order valence-electron chi connectivity index (χ2n) is 4.50. The lowest BCUT2D eigenvalue weighted by atomic mass is 10.00. The molecule has 2 aromatic rings. The fourth-order valence-electron chi connectivity index (χ4n) is 2.34. The maximum Gasteiger partial charge on any atom is 0.163 e. The lowest BCUT2D eigenvalue weighted by Crippen LogP contribution is -2.23. The molecule has 0 aliphatic carbocycles. The van der Waals surface area contributed by atoms with Gasteiger partial charge in [-0.3, -0.25) is 0 Å². The third-order valence-corrected chi connectivity index (χ3v) is 3.33. The molecule has 0 saturated carbocycles. The van der Waals surface area contributed by atoms with E-state index in [1.54, 1.807) is 0 Å². The molecule has 2 heterocycles. The second-order valence-corrected chi connectivity index (χ2v) is 4.50. The highest BCUT2D eigenvalue weighted by Crippen LogP contribution is 2.25. The Morgan fingerprint density at radius 3 is 2.82 bits per heavy atom. The van der Waals surface area contributed by atoms with Gasteiger partial charge in [0.25, 0.3) is 0 Å². The average Bonchev–Trinajstić information content (AvgIpc) is 2.82. The van der Waals surface area contributed by atoms with Gasteiger partial charge in [-0.25, -0.2) is 0 Å². The van der Waals surface area contributed by atoms with E-state index < -0.39 is 0 Å². The molecule has 1 aromatic carbocycles. The van der Waals surface area contributed by atoms with Gasteiger partial charge in [0, 0.05) is 31.1 Å². The SMILES string of the molecule is OCC1CCc2nnc(-c3ccccc3)n2C1. The minimum atomic E-state index is 0.242. The van der Waals surface area contributed by atoms with Crippen molar-refractivity contribution >= 4 is 0 Å². The normalized spacial score (nSPS) is 19.0. The molecule has 0 radical (unpaired) electrons. The standard InChI is InChI=1S/C13H15N3O/c17-9-10-6-7-12-14-15-13(16(12)8-10)11-4-2-1-3-5-11/h1-5,10,17H,6-9H2. The van der Waals surface area contributed by atoms with Crippen LogP contribution in [0.15, 0.2) is 30.3 Å². The van der Waals surface area contributed by atoms with Crippen LogP contribution in [-0.4, -0.2) is 26.5 Å². The molecule has 0 amide bonds. The Bertz CT molecular complexity index is 507. The Labute approximate surface area is 99.9 Å². The van der Waals surface area contributed by atoms with Crippen LogP contribution in [0.3, 0.4) is 0 Å². The van der Waals surface area contributed by atoms with Crippen molar-refractivity contribution in [1.82, 2.24) is 14.8 Å². The van der Waals surface area contributed by atoms with Crippen LogP contribution in [-0.2, 0) is 13.0 Å². The fraction of sp³-hybridized carbons (Fsp3) is 0.385. The summed E-state index contributed by atoms with van der Waals surface area (Å²) in [5, 5.41) is 17.8. The van der Waals surface area contributed by atoms with Crippen molar-refractivity contribution in [3.63, 3.8) is 0 Å². The lowest BCUT2D eigenvalue weighted by molar-refractivity contribution is 0.191. The van der Waals surface area contributed by atoms with Gasteiger partial charge in [-0.1, -0.05) is 30.3 Å². The number of hydrogen-bond donors (Lipinski definition) is 1. The number of aryl methyl sites for hydroxylation is 1. The summed E-state index contributed by atoms with van der Waals surface area (Å²) in [6.45, 7) is 1.06. The monoisotopic (exact) mass is 229 g/mol. The van der Waals surface area contributed by atoms with Crippen LogP contribution in [0.4, 0.5) is 0 Å². The molecule has 4 nitrogen and oxygen atoms in total. The number of aromatic nitrogens is 3. The highest BCUT2D eigenvalue weighted by Gasteiger charge is 2.22. The van der Waals surface area contributed by atoms with Gasteiger partial charge in [0.2, 0.25) is 0 Å². The maximum atomic E-state index is 9.26. The van der Waals surface area contributed by atoms with Crippen LogP contribution < -0.4 is 0 Å². The first-order valence-corrected chi connectivity index (χ1v) is 5.97. The van der Waals surface area contributed by atoms with Crippen LogP contribution in [0.2, 0.25) is 0 Å². The summed E-state index contributed by atoms with van der Waals surface area (Å²) in [5.41, 5.74) is 1.09. The van der Waals surface area contributed by atoms with Gasteiger partial charge in [0.05, 0.1) is 0 Å². The molecule has 1 aromatic heterocycles. The topological polar surface area (TPSA) is 50.9 Å². The van der Waals surface area contributed by atoms with Gasteiger partial charge < -0.3 is 9.67 Å². The van der Waals surface area contributed by atoms with Crippen molar-refractivity contribution in [3.8, 4) is 11.4 Å². The molecule has 0 saturated heterocycles. The fourth-order valence-corrected chi connectivity index (χ4v) is 2.34. The van der Waals surface area contributed by atoms with E-state index in [-0.39, 0.29) is 6.61 Å². The van der Waals surface area contributed by atoms with Gasteiger partial charge in [-0.05, 0) is 6.42 Å². The maximum absolute atomic E-state index is 9.26. The second kappa shape index (κ2) is 4.30. The number of hydrogen-bond acceptors (Lipinski definition) is 3. The first kappa shape index (κ1) is 10.5. The number of aliphatic hydroxyl groups excluding tert-OH is 1. The van der Waals surface area contributed by atoms with E-state index in [4.69, 9.17) is 0 Å². The predicted octanol–water partition coefficient (Wildman–Crippen LogP) is 1.50. The minimum absolute atomic E-state index is 0.242. The van der Waals surface area contributed by atoms with Gasteiger partial charge in [-0.15, -0.1) is 10.2 Å². The summed E-state index contributed by atoms with van der Waals surface area (Å²) in [6, 6.07) is 10.1. The molecule has 0 spiro atoms. The zero-order chi connectivity index (χ0) is 11.7. The van der Waals surface area contributed by atoms with Crippen LogP contribution >= 0.6 is 0 Å². The quantitative estimate of drug-likeness (QED) is 0.849. The van der Waals surface area contributed by atoms with Crippen molar-refractivity contribution in [2.75, 3.05) is 6.61 Å². The van der Waals surface area contributed by atoms with E-state index in [2.05, 4.69) is 14.8 Å². The Balaban J connectivity index is 2.00. The minimum Gasteiger partial charge on any atom is -0.396 e. The Hall–Kier alpha value is -1.68. The Morgan fingerprint density at radius 2 is 2.06 bits per heavy atom. The Morgan fingerprint density at radius 1 is 1.24 bits per heavy atom. The zero-order valence-corrected chi connectivity index (χ0v) is 9.58. The number of nitrogens with zero attached hydrogens (tertiary/aromatic N) is 3. The van der Waals surface area contributed by atoms with Crippen molar-refractivity contribution in [3.05, 3.63) is 36.2 Å². The summed E-state index contributed by atoms with van der Waals surface area (Å²) >= 11 is 0. The third kappa shape index (κ3) is 1.85. The first-order valence-electron chi connectivity index (χ1n) is 5.97. The van der Waals surface area contributed by atoms with Crippen LogP contribution in [0, 0.1) is 5.92 Å². The van der Waals surface area contributed by atoms with Gasteiger partial charge >= 0.3 is 0 Å². The number of benzene rings is 1. The summed E-state index contributed by atoms with van der Waals surface area (Å²) in [6.07, 6.45) is 1.91. The lowest BCUT2D eigenvalue weighted by Gasteiger charge is -2.22. The summed E-state index contributed by atoms with van der Waals surface area (Å²) in [4.78, 5) is 0. The van der Waals surface area contributed by atoms with Crippen molar-refractivity contribution in [1.29, 1.82) is 0 Å². The van der Waals surface area contributed by atoms with Crippen LogP contribution in [0.5, 0.6) is 0 Å². The molecule has 1 aliphatic heterocycles. The molecule has 88 valence electrons. The zero-order valence-electron chi connectivity index (χ0n) is 9.58. The largest absolute Gasteiger partial charge is 0.396 e. The Kier molecular flexibility index (Phi) is 2.65. The molecular formula is C13H15N3O. The summed E-state index contributed by atoms with van der Waals surface area (Å²) < 4.78 is 2.14. The molecule has 1 N–H and O–H groups in total. The third-order valence-electron chi connectivity index (χ3n) is 3.33. The summed E-state index contributed by atoms with van der Waals surface area (Å²) in [7, 11) is 0. The van der Waals surface area contributed by atoms with Crippen molar-refractivity contribution in [2.24, 2.45) is 5.92 Å². The van der Waals surface area contributed by atoms with Crippen molar-refractivity contribution < 1.29 is 5.11 Å². The summed E-state index contributed by atoms with van der Waals surface area (Å²) in [5.74, 6) is 2.29. The van der Waals surface area contributed by atoms with E-state index in [0.29, 0.717) is 5.92 Å². The van der Waals surface area contributed by atoms with Crippen LogP contribution in [0.1, 0.15) is 12.2 Å². The number of aliphatic hydroxyl groups is 1. The molecule has 0 bridgehead atoms. The molecular weight excluding hydrogens is 214 g/mol. The van der Waals surface area contributed by atoms with E-state index in [0.717, 1.165) is 36.6 Å². The molecule has 17 heavy (non-hydrogen) atoms. The highest BCUT2D eigenvalue weighted by atomic mass is 16.3. The van der Waals surface area contributed by atoms with E-state index in [1.807, 2.05) is 30.3 Å². The smallest absolute Gasteiger partial charge is 0.163 e. The van der Waals surface area contributed by atoms with Crippen LogP contribution in [0.25, 0.3) is 11.4 Å². The first-order chi connectivity index (χ1) is 8.38. The molecule has 1 atom stereocenters. The highest BCUT2D eigenvalue weighted by molar-refractivity contribution is 5.55. The molecule has 4 heteroatoms. The number of fused-ring (bicyclic) bond motifs is 1. The van der Waals surface area contributed by atoms with E-state index >= 15 is 0 Å².